The number of aromatic carboxylic acids is 1. The molecule has 0 saturated heterocycles. The molecule has 7 heteroatoms. The first-order valence-corrected chi connectivity index (χ1v) is 9.94. The molecule has 0 aliphatic rings. The first-order chi connectivity index (χ1) is 13.2. The van der Waals surface area contributed by atoms with Crippen LogP contribution in [0.1, 0.15) is 20.9 Å². The van der Waals surface area contributed by atoms with Gasteiger partial charge < -0.3 is 9.67 Å². The molecular formula is C20H15N3O2S2. The molecule has 3 aromatic heterocycles. The third-order valence-electron chi connectivity index (χ3n) is 4.02. The van der Waals surface area contributed by atoms with Gasteiger partial charge in [0.25, 0.3) is 0 Å². The smallest absolute Gasteiger partial charge is 0.336 e. The Kier molecular flexibility index (Phi) is 4.95. The molecule has 0 bridgehead atoms. The summed E-state index contributed by atoms with van der Waals surface area (Å²) >= 11 is 3.11. The molecule has 0 saturated carbocycles. The summed E-state index contributed by atoms with van der Waals surface area (Å²) in [7, 11) is 0. The second-order valence-electron chi connectivity index (χ2n) is 5.83. The predicted molar refractivity (Wildman–Crippen MR) is 109 cm³/mol. The number of carboxylic acids is 1. The maximum absolute atomic E-state index is 11.6. The van der Waals surface area contributed by atoms with Crippen molar-refractivity contribution in [3.8, 4) is 10.4 Å². The van der Waals surface area contributed by atoms with Gasteiger partial charge in [0.2, 0.25) is 0 Å². The fourth-order valence-electron chi connectivity index (χ4n) is 2.81. The summed E-state index contributed by atoms with van der Waals surface area (Å²) in [6.45, 7) is 0.641. The zero-order chi connectivity index (χ0) is 18.6. The minimum Gasteiger partial charge on any atom is -0.478 e. The highest BCUT2D eigenvalue weighted by molar-refractivity contribution is 7.13. The number of thiophene rings is 1. The van der Waals surface area contributed by atoms with Crippen LogP contribution in [-0.4, -0.2) is 25.6 Å². The second-order valence-corrected chi connectivity index (χ2v) is 7.67. The van der Waals surface area contributed by atoms with E-state index in [1.54, 1.807) is 36.1 Å². The van der Waals surface area contributed by atoms with E-state index in [4.69, 9.17) is 0 Å². The third kappa shape index (κ3) is 3.89. The quantitative estimate of drug-likeness (QED) is 0.500. The lowest BCUT2D eigenvalue weighted by atomic mass is 10.0. The average Bonchev–Trinajstić information content (AvgIpc) is 3.43. The first-order valence-electron chi connectivity index (χ1n) is 8.18. The molecular weight excluding hydrogens is 378 g/mol. The van der Waals surface area contributed by atoms with Gasteiger partial charge in [0.15, 0.2) is 0 Å². The molecule has 1 N–H and O–H groups in total. The van der Waals surface area contributed by atoms with E-state index in [9.17, 15) is 9.90 Å². The van der Waals surface area contributed by atoms with E-state index in [-0.39, 0.29) is 0 Å². The fourth-order valence-corrected chi connectivity index (χ4v) is 4.21. The molecule has 0 atom stereocenters. The van der Waals surface area contributed by atoms with E-state index >= 15 is 0 Å². The van der Waals surface area contributed by atoms with Gasteiger partial charge >= 0.3 is 5.97 Å². The van der Waals surface area contributed by atoms with E-state index in [2.05, 4.69) is 16.0 Å². The molecule has 0 aliphatic heterocycles. The summed E-state index contributed by atoms with van der Waals surface area (Å²) in [5, 5.41) is 14.4. The van der Waals surface area contributed by atoms with Crippen molar-refractivity contribution in [1.29, 1.82) is 0 Å². The molecule has 134 valence electrons. The van der Waals surface area contributed by atoms with Gasteiger partial charge in [0.1, 0.15) is 5.01 Å². The lowest BCUT2D eigenvalue weighted by Gasteiger charge is -2.09. The molecule has 4 aromatic rings. The SMILES string of the molecule is O=C(O)c1ccc(C=C(Cn2ccnc2)c2nccs2)cc1-c1cccs1. The third-order valence-corrected chi connectivity index (χ3v) is 5.77. The van der Waals surface area contributed by atoms with Gasteiger partial charge in [-0.25, -0.2) is 14.8 Å². The molecule has 0 fully saturated rings. The Morgan fingerprint density at radius 2 is 2.11 bits per heavy atom. The summed E-state index contributed by atoms with van der Waals surface area (Å²) in [6.07, 6.45) is 9.27. The highest BCUT2D eigenvalue weighted by atomic mass is 32.1. The van der Waals surface area contributed by atoms with Crippen LogP contribution in [0.4, 0.5) is 0 Å². The van der Waals surface area contributed by atoms with Gasteiger partial charge in [-0.05, 0) is 35.2 Å². The van der Waals surface area contributed by atoms with Crippen molar-refractivity contribution in [2.75, 3.05) is 0 Å². The monoisotopic (exact) mass is 393 g/mol. The molecule has 4 rings (SSSR count). The molecule has 27 heavy (non-hydrogen) atoms. The van der Waals surface area contributed by atoms with E-state index in [1.165, 1.54) is 11.3 Å². The Balaban J connectivity index is 1.78. The molecule has 0 unspecified atom stereocenters. The second kappa shape index (κ2) is 7.69. The normalized spacial score (nSPS) is 11.6. The van der Waals surface area contributed by atoms with E-state index in [0.29, 0.717) is 12.1 Å². The molecule has 1 aromatic carbocycles. The lowest BCUT2D eigenvalue weighted by molar-refractivity contribution is 0.0698. The first kappa shape index (κ1) is 17.4. The Morgan fingerprint density at radius 3 is 2.78 bits per heavy atom. The molecule has 0 radical (unpaired) electrons. The van der Waals surface area contributed by atoms with E-state index in [0.717, 1.165) is 26.6 Å². The average molecular weight is 393 g/mol. The minimum absolute atomic E-state index is 0.306. The number of thiazole rings is 1. The standard InChI is InChI=1S/C20H15N3O2S2/c24-20(25)16-4-3-14(11-17(16)18-2-1-8-26-18)10-15(19-22-6-9-27-19)12-23-7-5-21-13-23/h1-11,13H,12H2,(H,24,25). The zero-order valence-corrected chi connectivity index (χ0v) is 15.8. The number of aromatic nitrogens is 3. The topological polar surface area (TPSA) is 68.0 Å². The number of allylic oxidation sites excluding steroid dienone is 1. The maximum Gasteiger partial charge on any atom is 0.336 e. The van der Waals surface area contributed by atoms with Gasteiger partial charge in [-0.2, -0.15) is 0 Å². The van der Waals surface area contributed by atoms with Crippen molar-refractivity contribution in [2.45, 2.75) is 6.54 Å². The van der Waals surface area contributed by atoms with E-state index < -0.39 is 5.97 Å². The number of carbonyl (C=O) groups is 1. The number of rotatable bonds is 6. The highest BCUT2D eigenvalue weighted by Crippen LogP contribution is 2.31. The lowest BCUT2D eigenvalue weighted by Crippen LogP contribution is -2.00. The van der Waals surface area contributed by atoms with Crippen molar-refractivity contribution in [1.82, 2.24) is 14.5 Å². The van der Waals surface area contributed by atoms with Gasteiger partial charge in [-0.3, -0.25) is 0 Å². The molecule has 0 amide bonds. The van der Waals surface area contributed by atoms with Crippen LogP contribution in [0.5, 0.6) is 0 Å². The number of hydrogen-bond acceptors (Lipinski definition) is 5. The molecule has 0 spiro atoms. The van der Waals surface area contributed by atoms with Crippen LogP contribution in [-0.2, 0) is 6.54 Å². The number of carboxylic acid groups (broad SMARTS) is 1. The number of imidazole rings is 1. The summed E-state index contributed by atoms with van der Waals surface area (Å²) in [6, 6.07) is 9.29. The fraction of sp³-hybridized carbons (Fsp3) is 0.0500. The minimum atomic E-state index is -0.924. The zero-order valence-electron chi connectivity index (χ0n) is 14.1. The van der Waals surface area contributed by atoms with Crippen LogP contribution >= 0.6 is 22.7 Å². The molecule has 3 heterocycles. The predicted octanol–water partition coefficient (Wildman–Crippen LogP) is 5.01. The molecule has 5 nitrogen and oxygen atoms in total. The van der Waals surface area contributed by atoms with Gasteiger partial charge in [0.05, 0.1) is 18.4 Å². The van der Waals surface area contributed by atoms with Crippen LogP contribution in [0, 0.1) is 0 Å². The number of hydrogen-bond donors (Lipinski definition) is 1. The van der Waals surface area contributed by atoms with E-state index in [1.807, 2.05) is 45.8 Å². The molecule has 0 aliphatic carbocycles. The van der Waals surface area contributed by atoms with Crippen LogP contribution in [0.2, 0.25) is 0 Å². The number of benzene rings is 1. The highest BCUT2D eigenvalue weighted by Gasteiger charge is 2.14. The largest absolute Gasteiger partial charge is 0.478 e. The van der Waals surface area contributed by atoms with Crippen molar-refractivity contribution < 1.29 is 9.90 Å². The van der Waals surface area contributed by atoms with Gasteiger partial charge in [-0.1, -0.05) is 12.1 Å². The Labute approximate surface area is 163 Å². The summed E-state index contributed by atoms with van der Waals surface area (Å²) in [4.78, 5) is 21.1. The van der Waals surface area contributed by atoms with Gasteiger partial charge in [-0.15, -0.1) is 22.7 Å². The summed E-state index contributed by atoms with van der Waals surface area (Å²) in [5.41, 5.74) is 3.02. The Morgan fingerprint density at radius 1 is 1.19 bits per heavy atom. The van der Waals surface area contributed by atoms with Crippen LogP contribution < -0.4 is 0 Å². The Bertz CT molecular complexity index is 1070. The van der Waals surface area contributed by atoms with Crippen molar-refractivity contribution in [3.05, 3.63) is 82.1 Å². The van der Waals surface area contributed by atoms with Crippen LogP contribution in [0.3, 0.4) is 0 Å². The number of nitrogens with zero attached hydrogens (tertiary/aromatic N) is 3. The summed E-state index contributed by atoms with van der Waals surface area (Å²) < 4.78 is 1.99. The van der Waals surface area contributed by atoms with Crippen molar-refractivity contribution in [3.63, 3.8) is 0 Å². The van der Waals surface area contributed by atoms with Crippen LogP contribution in [0.25, 0.3) is 22.1 Å². The van der Waals surface area contributed by atoms with Crippen molar-refractivity contribution >= 4 is 40.3 Å². The summed E-state index contributed by atoms with van der Waals surface area (Å²) in [5.74, 6) is -0.924. The van der Waals surface area contributed by atoms with Crippen molar-refractivity contribution in [2.24, 2.45) is 0 Å². The van der Waals surface area contributed by atoms with Crippen LogP contribution in [0.15, 0.2) is 66.0 Å². The maximum atomic E-state index is 11.6. The Hall–Kier alpha value is -3.03. The van der Waals surface area contributed by atoms with Gasteiger partial charge in [0, 0.05) is 40.0 Å².